The number of allylic oxidation sites excluding steroid dienone is 2. The lowest BCUT2D eigenvalue weighted by Crippen LogP contribution is -2.64. The van der Waals surface area contributed by atoms with Gasteiger partial charge in [-0.1, -0.05) is 199 Å². The third-order valence-electron chi connectivity index (χ3n) is 12.4. The van der Waals surface area contributed by atoms with Gasteiger partial charge in [-0.2, -0.15) is 0 Å². The minimum atomic E-state index is -5.12. The third kappa shape index (κ3) is 32.3. The lowest BCUT2D eigenvalue weighted by molar-refractivity contribution is -0.220. The molecule has 378 valence electrons. The highest BCUT2D eigenvalue weighted by Crippen LogP contribution is 2.47. The zero-order valence-corrected chi connectivity index (χ0v) is 41.2. The summed E-state index contributed by atoms with van der Waals surface area (Å²) in [4.78, 5) is 35.8. The van der Waals surface area contributed by atoms with E-state index in [2.05, 4.69) is 26.0 Å². The summed E-state index contributed by atoms with van der Waals surface area (Å²) in [6.07, 6.45) is 31.3. The highest BCUT2D eigenvalue weighted by molar-refractivity contribution is 7.47. The Bertz CT molecular complexity index is 1170. The Balaban J connectivity index is 2.34. The van der Waals surface area contributed by atoms with Crippen LogP contribution in [0.5, 0.6) is 0 Å². The molecule has 0 spiro atoms. The first-order valence-corrected chi connectivity index (χ1v) is 27.5. The minimum absolute atomic E-state index is 0.0907. The predicted molar refractivity (Wildman–Crippen MR) is 254 cm³/mol. The molecule has 0 aliphatic heterocycles. The van der Waals surface area contributed by atoms with E-state index in [1.54, 1.807) is 0 Å². The number of aliphatic hydroxyl groups excluding tert-OH is 5. The highest BCUT2D eigenvalue weighted by Gasteiger charge is 2.51. The van der Waals surface area contributed by atoms with Gasteiger partial charge in [0.25, 0.3) is 0 Å². The lowest BCUT2D eigenvalue weighted by Gasteiger charge is -2.41. The number of carbonyl (C=O) groups is 2. The molecule has 6 unspecified atom stereocenters. The van der Waals surface area contributed by atoms with Crippen molar-refractivity contribution in [1.29, 1.82) is 0 Å². The zero-order chi connectivity index (χ0) is 47.1. The Kier molecular flexibility index (Phi) is 38.5. The molecule has 1 aliphatic carbocycles. The fraction of sp³-hybridized carbons (Fsp3) is 0.920. The number of rotatable bonds is 44. The van der Waals surface area contributed by atoms with Crippen molar-refractivity contribution < 1.29 is 63.1 Å². The van der Waals surface area contributed by atoms with Gasteiger partial charge in [-0.3, -0.25) is 18.6 Å². The second-order valence-corrected chi connectivity index (χ2v) is 19.8. The van der Waals surface area contributed by atoms with Crippen molar-refractivity contribution in [2.45, 2.75) is 281 Å². The fourth-order valence-corrected chi connectivity index (χ4v) is 9.14. The summed E-state index contributed by atoms with van der Waals surface area (Å²) in [5.41, 5.74) is 0. The van der Waals surface area contributed by atoms with Crippen molar-refractivity contribution >= 4 is 19.8 Å². The number of unbranched alkanes of at least 4 members (excludes halogenated alkanes) is 30. The van der Waals surface area contributed by atoms with Crippen molar-refractivity contribution in [2.75, 3.05) is 13.2 Å². The average molecular weight is 935 g/mol. The maximum atomic E-state index is 12.8. The Morgan fingerprint density at radius 1 is 0.469 bits per heavy atom. The van der Waals surface area contributed by atoms with E-state index < -0.39 is 75.7 Å². The summed E-state index contributed by atoms with van der Waals surface area (Å²) in [6.45, 7) is 3.31. The molecule has 0 saturated heterocycles. The number of carbonyl (C=O) groups excluding carboxylic acids is 2. The first kappa shape index (κ1) is 60.6. The molecule has 0 aromatic heterocycles. The van der Waals surface area contributed by atoms with Crippen LogP contribution < -0.4 is 0 Å². The topological polar surface area (TPSA) is 210 Å². The average Bonchev–Trinajstić information content (AvgIpc) is 3.28. The van der Waals surface area contributed by atoms with E-state index >= 15 is 0 Å². The molecule has 6 atom stereocenters. The number of hydrogen-bond acceptors (Lipinski definition) is 12. The molecule has 0 heterocycles. The van der Waals surface area contributed by atoms with Gasteiger partial charge in [0.15, 0.2) is 6.10 Å². The van der Waals surface area contributed by atoms with Gasteiger partial charge in [-0.25, -0.2) is 4.57 Å². The number of phosphoric ester groups is 1. The molecule has 64 heavy (non-hydrogen) atoms. The first-order valence-electron chi connectivity index (χ1n) is 26.0. The van der Waals surface area contributed by atoms with Crippen molar-refractivity contribution in [3.05, 3.63) is 12.2 Å². The molecule has 1 aliphatic rings. The molecule has 0 aromatic carbocycles. The Labute approximate surface area is 388 Å². The van der Waals surface area contributed by atoms with Gasteiger partial charge in [0.2, 0.25) is 0 Å². The molecule has 0 radical (unpaired) electrons. The van der Waals surface area contributed by atoms with Crippen molar-refractivity contribution in [2.24, 2.45) is 0 Å². The summed E-state index contributed by atoms with van der Waals surface area (Å²) in [6, 6.07) is 0. The molecule has 1 rings (SSSR count). The fourth-order valence-electron chi connectivity index (χ4n) is 8.17. The quantitative estimate of drug-likeness (QED) is 0.0146. The summed E-state index contributed by atoms with van der Waals surface area (Å²) in [5, 5.41) is 50.2. The molecule has 14 heteroatoms. The van der Waals surface area contributed by atoms with E-state index in [4.69, 9.17) is 18.5 Å². The Morgan fingerprint density at radius 2 is 0.797 bits per heavy atom. The van der Waals surface area contributed by atoms with E-state index in [9.17, 15) is 44.6 Å². The van der Waals surface area contributed by atoms with E-state index in [0.29, 0.717) is 12.8 Å². The SMILES string of the molecule is CCCCCC/C=C\CCCCCCCC(=O)OC(COC(=O)CCCCCCCCCCCCCCCCCCCCCCCC)COP(=O)(O)OC1C(O)C(O)C(O)C(O)C1O. The Morgan fingerprint density at radius 3 is 1.20 bits per heavy atom. The second-order valence-electron chi connectivity index (χ2n) is 18.4. The van der Waals surface area contributed by atoms with E-state index in [0.717, 1.165) is 57.8 Å². The normalized spacial score (nSPS) is 21.6. The minimum Gasteiger partial charge on any atom is -0.462 e. The van der Waals surface area contributed by atoms with Gasteiger partial charge >= 0.3 is 19.8 Å². The predicted octanol–water partition coefficient (Wildman–Crippen LogP) is 11.0. The van der Waals surface area contributed by atoms with Crippen LogP contribution in [0.2, 0.25) is 0 Å². The molecular weight excluding hydrogens is 840 g/mol. The van der Waals surface area contributed by atoms with Gasteiger partial charge in [-0.05, 0) is 38.5 Å². The molecule has 6 N–H and O–H groups in total. The molecule has 1 fully saturated rings. The highest BCUT2D eigenvalue weighted by atomic mass is 31.2. The van der Waals surface area contributed by atoms with E-state index in [-0.39, 0.29) is 12.8 Å². The standard InChI is InChI=1S/C50H95O13P/c1-3-5-7-9-11-13-15-17-18-19-20-21-22-23-24-25-27-28-30-32-34-36-38-43(51)60-40-42(41-61-64(58,59)63-50-48(56)46(54)45(53)47(55)49(50)57)62-44(52)39-37-35-33-31-29-26-16-14-12-10-8-6-4-2/h14,16,42,45-50,53-57H,3-13,15,17-41H2,1-2H3,(H,58,59)/b16-14-. The molecular formula is C50H95O13P. The summed E-state index contributed by atoms with van der Waals surface area (Å²) < 4.78 is 33.6. The van der Waals surface area contributed by atoms with Crippen molar-refractivity contribution in [3.8, 4) is 0 Å². The molecule has 0 bridgehead atoms. The molecule has 0 aromatic rings. The summed E-state index contributed by atoms with van der Waals surface area (Å²) in [7, 11) is -5.12. The van der Waals surface area contributed by atoms with Gasteiger partial charge < -0.3 is 39.9 Å². The van der Waals surface area contributed by atoms with Crippen LogP contribution in [0.1, 0.15) is 239 Å². The number of ether oxygens (including phenoxy) is 2. The zero-order valence-electron chi connectivity index (χ0n) is 40.3. The van der Waals surface area contributed by atoms with Gasteiger partial charge in [-0.15, -0.1) is 0 Å². The van der Waals surface area contributed by atoms with Crippen LogP contribution in [0.25, 0.3) is 0 Å². The number of esters is 2. The number of aliphatic hydroxyl groups is 5. The van der Waals surface area contributed by atoms with Crippen LogP contribution in [0, 0.1) is 0 Å². The van der Waals surface area contributed by atoms with Crippen LogP contribution in [-0.4, -0.2) is 98.3 Å². The van der Waals surface area contributed by atoms with Crippen molar-refractivity contribution in [3.63, 3.8) is 0 Å². The number of hydrogen-bond donors (Lipinski definition) is 6. The monoisotopic (exact) mass is 935 g/mol. The van der Waals surface area contributed by atoms with E-state index in [1.807, 2.05) is 0 Å². The smallest absolute Gasteiger partial charge is 0.462 e. The second kappa shape index (κ2) is 40.6. The van der Waals surface area contributed by atoms with Gasteiger partial charge in [0.1, 0.15) is 43.2 Å². The van der Waals surface area contributed by atoms with Crippen LogP contribution >= 0.6 is 7.82 Å². The van der Waals surface area contributed by atoms with Gasteiger partial charge in [0, 0.05) is 12.8 Å². The molecule has 0 amide bonds. The van der Waals surface area contributed by atoms with Crippen molar-refractivity contribution in [1.82, 2.24) is 0 Å². The van der Waals surface area contributed by atoms with Crippen LogP contribution in [0.3, 0.4) is 0 Å². The van der Waals surface area contributed by atoms with Crippen LogP contribution in [-0.2, 0) is 32.7 Å². The van der Waals surface area contributed by atoms with Gasteiger partial charge in [0.05, 0.1) is 6.61 Å². The third-order valence-corrected chi connectivity index (χ3v) is 13.3. The lowest BCUT2D eigenvalue weighted by atomic mass is 9.85. The maximum Gasteiger partial charge on any atom is 0.472 e. The first-order chi connectivity index (χ1) is 30.9. The van der Waals surface area contributed by atoms with E-state index in [1.165, 1.54) is 141 Å². The van der Waals surface area contributed by atoms with Crippen LogP contribution in [0.4, 0.5) is 0 Å². The Hall–Kier alpha value is -1.41. The largest absolute Gasteiger partial charge is 0.472 e. The molecule has 1 saturated carbocycles. The number of phosphoric acid groups is 1. The maximum absolute atomic E-state index is 12.8. The van der Waals surface area contributed by atoms with Crippen LogP contribution in [0.15, 0.2) is 12.2 Å². The summed E-state index contributed by atoms with van der Waals surface area (Å²) in [5.74, 6) is -1.10. The summed E-state index contributed by atoms with van der Waals surface area (Å²) >= 11 is 0. The molecule has 13 nitrogen and oxygen atoms in total.